The van der Waals surface area contributed by atoms with Crippen LogP contribution in [0.1, 0.15) is 5.56 Å². The van der Waals surface area contributed by atoms with Gasteiger partial charge in [0.05, 0.1) is 6.21 Å². The fourth-order valence-corrected chi connectivity index (χ4v) is 1.16. The van der Waals surface area contributed by atoms with Gasteiger partial charge in [-0.2, -0.15) is 0 Å². The van der Waals surface area contributed by atoms with Gasteiger partial charge in [-0.05, 0) is 18.2 Å². The third-order valence-corrected chi connectivity index (χ3v) is 1.79. The van der Waals surface area contributed by atoms with Crippen molar-refractivity contribution in [2.45, 2.75) is 0 Å². The maximum atomic E-state index is 8.34. The van der Waals surface area contributed by atoms with E-state index in [1.54, 1.807) is 12.3 Å². The van der Waals surface area contributed by atoms with E-state index < -0.39 is 0 Å². The van der Waals surface area contributed by atoms with Crippen LogP contribution in [0.5, 0.6) is 0 Å². The monoisotopic (exact) mass is 186 g/mol. The van der Waals surface area contributed by atoms with Crippen molar-refractivity contribution in [3.63, 3.8) is 0 Å². The summed E-state index contributed by atoms with van der Waals surface area (Å²) < 4.78 is 1.84. The molecule has 1 N–H and O–H groups in total. The lowest BCUT2D eigenvalue weighted by atomic mass is 10.4. The number of aromatic nitrogens is 2. The van der Waals surface area contributed by atoms with Gasteiger partial charge in [-0.25, -0.2) is 4.98 Å². The van der Waals surface area contributed by atoms with Gasteiger partial charge in [0.1, 0.15) is 5.82 Å². The molecule has 2 aromatic rings. The summed E-state index contributed by atoms with van der Waals surface area (Å²) in [5.74, 6) is 0.807. The molecule has 0 saturated heterocycles. The zero-order valence-corrected chi connectivity index (χ0v) is 7.33. The van der Waals surface area contributed by atoms with E-state index in [0.29, 0.717) is 0 Å². The van der Waals surface area contributed by atoms with Gasteiger partial charge in [-0.1, -0.05) is 5.16 Å². The molecule has 0 saturated carbocycles. The molecule has 2 rings (SSSR count). The van der Waals surface area contributed by atoms with Crippen LogP contribution in [0, 0.1) is 6.07 Å². The summed E-state index contributed by atoms with van der Waals surface area (Å²) >= 11 is 0. The lowest BCUT2D eigenvalue weighted by molar-refractivity contribution is 0.322. The lowest BCUT2D eigenvalue weighted by Crippen LogP contribution is -1.92. The third-order valence-electron chi connectivity index (χ3n) is 1.79. The summed E-state index contributed by atoms with van der Waals surface area (Å²) in [4.78, 5) is 4.12. The van der Waals surface area contributed by atoms with E-state index in [1.165, 1.54) is 6.21 Å². The average molecular weight is 186 g/mol. The molecule has 0 bridgehead atoms. The molecule has 4 heteroatoms. The smallest absolute Gasteiger partial charge is 0.136 e. The maximum absolute atomic E-state index is 8.34. The lowest BCUT2D eigenvalue weighted by Gasteiger charge is -1.98. The molecule has 0 aliphatic carbocycles. The average Bonchev–Trinajstić information content (AvgIpc) is 2.68. The van der Waals surface area contributed by atoms with Crippen molar-refractivity contribution in [2.75, 3.05) is 0 Å². The summed E-state index contributed by atoms with van der Waals surface area (Å²) in [6.07, 6.45) is 6.64. The molecule has 14 heavy (non-hydrogen) atoms. The van der Waals surface area contributed by atoms with Crippen LogP contribution < -0.4 is 0 Å². The van der Waals surface area contributed by atoms with Crippen LogP contribution in [0.3, 0.4) is 0 Å². The van der Waals surface area contributed by atoms with E-state index in [9.17, 15) is 0 Å². The van der Waals surface area contributed by atoms with Crippen LogP contribution in [-0.2, 0) is 0 Å². The van der Waals surface area contributed by atoms with E-state index in [0.717, 1.165) is 11.4 Å². The highest BCUT2D eigenvalue weighted by Gasteiger charge is 1.97. The van der Waals surface area contributed by atoms with E-state index in [1.807, 2.05) is 29.1 Å². The van der Waals surface area contributed by atoms with Crippen LogP contribution in [0.2, 0.25) is 0 Å². The SMILES string of the molecule is O/N=C\c1ccn(-c2cc[c]cn2)c1. The molecule has 0 atom stereocenters. The van der Waals surface area contributed by atoms with Gasteiger partial charge >= 0.3 is 0 Å². The Morgan fingerprint density at radius 3 is 3.14 bits per heavy atom. The second-order valence-corrected chi connectivity index (χ2v) is 2.71. The van der Waals surface area contributed by atoms with E-state index in [2.05, 4.69) is 16.2 Å². The largest absolute Gasteiger partial charge is 0.411 e. The minimum Gasteiger partial charge on any atom is -0.411 e. The highest BCUT2D eigenvalue weighted by molar-refractivity contribution is 5.78. The van der Waals surface area contributed by atoms with Crippen LogP contribution in [0.15, 0.2) is 41.9 Å². The van der Waals surface area contributed by atoms with Crippen molar-refractivity contribution in [3.8, 4) is 5.82 Å². The number of pyridine rings is 1. The molecule has 0 unspecified atom stereocenters. The molecular weight excluding hydrogens is 178 g/mol. The molecule has 0 aliphatic heterocycles. The van der Waals surface area contributed by atoms with Crippen molar-refractivity contribution in [3.05, 3.63) is 48.4 Å². The molecule has 2 aromatic heterocycles. The normalized spacial score (nSPS) is 10.9. The number of oxime groups is 1. The second-order valence-electron chi connectivity index (χ2n) is 2.71. The molecule has 2 heterocycles. The fraction of sp³-hybridized carbons (Fsp3) is 0. The Bertz CT molecular complexity index is 434. The summed E-state index contributed by atoms with van der Waals surface area (Å²) in [7, 11) is 0. The molecule has 0 aliphatic rings. The highest BCUT2D eigenvalue weighted by Crippen LogP contribution is 2.05. The number of hydrogen-bond donors (Lipinski definition) is 1. The molecule has 1 radical (unpaired) electrons. The van der Waals surface area contributed by atoms with E-state index in [-0.39, 0.29) is 0 Å². The minimum absolute atomic E-state index is 0.807. The summed E-state index contributed by atoms with van der Waals surface area (Å²) in [6, 6.07) is 8.32. The van der Waals surface area contributed by atoms with Crippen molar-refractivity contribution in [1.29, 1.82) is 0 Å². The quantitative estimate of drug-likeness (QED) is 0.438. The number of hydrogen-bond acceptors (Lipinski definition) is 3. The van der Waals surface area contributed by atoms with Crippen molar-refractivity contribution >= 4 is 6.21 Å². The Kier molecular flexibility index (Phi) is 2.27. The van der Waals surface area contributed by atoms with Gasteiger partial charge in [-0.3, -0.25) is 0 Å². The summed E-state index contributed by atoms with van der Waals surface area (Å²) in [5.41, 5.74) is 0.821. The van der Waals surface area contributed by atoms with Gasteiger partial charge < -0.3 is 9.77 Å². The van der Waals surface area contributed by atoms with Gasteiger partial charge in [0.15, 0.2) is 0 Å². The maximum Gasteiger partial charge on any atom is 0.136 e. The zero-order valence-electron chi connectivity index (χ0n) is 7.33. The summed E-state index contributed by atoms with van der Waals surface area (Å²) in [5, 5.41) is 11.3. The zero-order chi connectivity index (χ0) is 9.80. The van der Waals surface area contributed by atoms with Crippen molar-refractivity contribution in [1.82, 2.24) is 9.55 Å². The Labute approximate surface area is 81.1 Å². The predicted molar refractivity (Wildman–Crippen MR) is 51.8 cm³/mol. The minimum atomic E-state index is 0.807. The van der Waals surface area contributed by atoms with Crippen LogP contribution in [0.25, 0.3) is 5.82 Å². The van der Waals surface area contributed by atoms with Crippen LogP contribution >= 0.6 is 0 Å². The Balaban J connectivity index is 2.34. The number of nitrogens with zero attached hydrogens (tertiary/aromatic N) is 3. The van der Waals surface area contributed by atoms with Crippen molar-refractivity contribution in [2.24, 2.45) is 5.16 Å². The molecule has 4 nitrogen and oxygen atoms in total. The molecule has 0 fully saturated rings. The van der Waals surface area contributed by atoms with Gasteiger partial charge in [0.2, 0.25) is 0 Å². The molecule has 0 amide bonds. The Hall–Kier alpha value is -2.10. The predicted octanol–water partition coefficient (Wildman–Crippen LogP) is 1.48. The molecular formula is C10H8N3O. The fourth-order valence-electron chi connectivity index (χ4n) is 1.16. The first-order chi connectivity index (χ1) is 6.90. The van der Waals surface area contributed by atoms with Gasteiger partial charge in [0, 0.05) is 30.2 Å². The second kappa shape index (κ2) is 3.74. The van der Waals surface area contributed by atoms with E-state index >= 15 is 0 Å². The van der Waals surface area contributed by atoms with Gasteiger partial charge in [-0.15, -0.1) is 0 Å². The molecule has 0 aromatic carbocycles. The first-order valence-electron chi connectivity index (χ1n) is 4.08. The highest BCUT2D eigenvalue weighted by atomic mass is 16.4. The number of rotatable bonds is 2. The Morgan fingerprint density at radius 1 is 1.50 bits per heavy atom. The standard InChI is InChI=1S/C10H8N3O/c14-12-7-9-4-6-13(8-9)10-3-1-2-5-11-10/h1,3-8,14H/b12-7-. The first-order valence-corrected chi connectivity index (χ1v) is 4.08. The topological polar surface area (TPSA) is 50.4 Å². The molecule has 69 valence electrons. The Morgan fingerprint density at radius 2 is 2.43 bits per heavy atom. The third kappa shape index (κ3) is 1.64. The first kappa shape index (κ1) is 8.50. The van der Waals surface area contributed by atoms with E-state index in [4.69, 9.17) is 5.21 Å². The summed E-state index contributed by atoms with van der Waals surface area (Å²) in [6.45, 7) is 0. The molecule has 0 spiro atoms. The van der Waals surface area contributed by atoms with Gasteiger partial charge in [0.25, 0.3) is 0 Å². The van der Waals surface area contributed by atoms with Crippen LogP contribution in [-0.4, -0.2) is 21.0 Å². The van der Waals surface area contributed by atoms with Crippen LogP contribution in [0.4, 0.5) is 0 Å². The van der Waals surface area contributed by atoms with Crippen molar-refractivity contribution < 1.29 is 5.21 Å².